The van der Waals surface area contributed by atoms with Crippen molar-refractivity contribution in [1.82, 2.24) is 5.32 Å². The molecule has 0 spiro atoms. The van der Waals surface area contributed by atoms with Crippen molar-refractivity contribution in [3.05, 3.63) is 29.8 Å². The van der Waals surface area contributed by atoms with Crippen LogP contribution in [-0.2, 0) is 16.1 Å². The third-order valence-electron chi connectivity index (χ3n) is 3.88. The van der Waals surface area contributed by atoms with Gasteiger partial charge in [0.25, 0.3) is 0 Å². The summed E-state index contributed by atoms with van der Waals surface area (Å²) < 4.78 is 5.09. The molecule has 2 N–H and O–H groups in total. The fourth-order valence-electron chi connectivity index (χ4n) is 2.33. The first-order valence-electron chi connectivity index (χ1n) is 7.30. The Morgan fingerprint density at radius 3 is 2.85 bits per heavy atom. The number of amides is 1. The van der Waals surface area contributed by atoms with Gasteiger partial charge in [-0.3, -0.25) is 4.79 Å². The first-order valence-corrected chi connectivity index (χ1v) is 7.30. The normalized spacial score (nSPS) is 15.9. The molecule has 1 saturated carbocycles. The molecule has 1 aromatic rings. The topological polar surface area (TPSA) is 50.4 Å². The minimum absolute atomic E-state index is 0.134. The predicted molar refractivity (Wildman–Crippen MR) is 80.6 cm³/mol. The average molecular weight is 276 g/mol. The molecule has 0 radical (unpaired) electrons. The predicted octanol–water partition coefficient (Wildman–Crippen LogP) is 2.55. The molecule has 0 atom stereocenters. The highest BCUT2D eigenvalue weighted by atomic mass is 16.5. The molecule has 2 rings (SSSR count). The van der Waals surface area contributed by atoms with E-state index < -0.39 is 0 Å². The Kier molecular flexibility index (Phi) is 5.15. The number of rotatable bonds is 8. The highest BCUT2D eigenvalue weighted by molar-refractivity contribution is 5.97. The number of nitrogens with one attached hydrogen (secondary N) is 2. The minimum atomic E-state index is -0.187. The maximum absolute atomic E-state index is 12.3. The second-order valence-corrected chi connectivity index (χ2v) is 5.46. The highest BCUT2D eigenvalue weighted by Crippen LogP contribution is 2.49. The zero-order valence-corrected chi connectivity index (χ0v) is 12.4. The summed E-state index contributed by atoms with van der Waals surface area (Å²) in [6.07, 6.45) is 2.75. The van der Waals surface area contributed by atoms with Crippen LogP contribution in [0.4, 0.5) is 5.69 Å². The van der Waals surface area contributed by atoms with E-state index in [1.54, 1.807) is 7.11 Å². The van der Waals surface area contributed by atoms with Crippen molar-refractivity contribution < 1.29 is 9.53 Å². The third kappa shape index (κ3) is 3.81. The summed E-state index contributed by atoms with van der Waals surface area (Å²) in [7, 11) is 1.68. The lowest BCUT2D eigenvalue weighted by Gasteiger charge is -2.15. The largest absolute Gasteiger partial charge is 0.385 e. The molecular weight excluding hydrogens is 252 g/mol. The van der Waals surface area contributed by atoms with E-state index >= 15 is 0 Å². The van der Waals surface area contributed by atoms with Crippen LogP contribution in [-0.4, -0.2) is 26.2 Å². The second kappa shape index (κ2) is 6.86. The van der Waals surface area contributed by atoms with Crippen molar-refractivity contribution in [3.63, 3.8) is 0 Å². The van der Waals surface area contributed by atoms with E-state index in [1.807, 2.05) is 18.2 Å². The average Bonchev–Trinajstić information content (AvgIpc) is 3.24. The molecule has 0 aliphatic heterocycles. The van der Waals surface area contributed by atoms with Gasteiger partial charge in [-0.05, 0) is 43.5 Å². The fourth-order valence-corrected chi connectivity index (χ4v) is 2.33. The summed E-state index contributed by atoms with van der Waals surface area (Å²) in [6, 6.07) is 8.03. The molecule has 1 fully saturated rings. The Morgan fingerprint density at radius 1 is 1.40 bits per heavy atom. The molecule has 0 saturated heterocycles. The molecule has 1 aromatic carbocycles. The van der Waals surface area contributed by atoms with Crippen molar-refractivity contribution in [2.24, 2.45) is 5.41 Å². The molecular formula is C16H24N2O2. The van der Waals surface area contributed by atoms with Crippen LogP contribution in [0.2, 0.25) is 0 Å². The summed E-state index contributed by atoms with van der Waals surface area (Å²) in [5.41, 5.74) is 1.88. The lowest BCUT2D eigenvalue weighted by molar-refractivity contribution is -0.121. The lowest BCUT2D eigenvalue weighted by atomic mass is 10.0. The van der Waals surface area contributed by atoms with Gasteiger partial charge >= 0.3 is 0 Å². The van der Waals surface area contributed by atoms with Crippen LogP contribution < -0.4 is 10.6 Å². The Labute approximate surface area is 120 Å². The number of ether oxygens (including phenoxy) is 1. The van der Waals surface area contributed by atoms with Gasteiger partial charge in [-0.2, -0.15) is 0 Å². The molecule has 0 aromatic heterocycles. The smallest absolute Gasteiger partial charge is 0.230 e. The van der Waals surface area contributed by atoms with Crippen molar-refractivity contribution in [1.29, 1.82) is 0 Å². The van der Waals surface area contributed by atoms with E-state index in [0.29, 0.717) is 6.61 Å². The molecule has 0 heterocycles. The molecule has 110 valence electrons. The van der Waals surface area contributed by atoms with E-state index in [2.05, 4.69) is 23.6 Å². The molecule has 4 nitrogen and oxygen atoms in total. The number of hydrogen-bond donors (Lipinski definition) is 2. The molecule has 4 heteroatoms. The van der Waals surface area contributed by atoms with E-state index in [4.69, 9.17) is 4.74 Å². The summed E-state index contributed by atoms with van der Waals surface area (Å²) in [5.74, 6) is 0.134. The molecule has 1 aliphatic carbocycles. The van der Waals surface area contributed by atoms with Gasteiger partial charge in [0, 0.05) is 25.9 Å². The van der Waals surface area contributed by atoms with Gasteiger partial charge in [-0.15, -0.1) is 0 Å². The van der Waals surface area contributed by atoms with E-state index in [9.17, 15) is 4.79 Å². The van der Waals surface area contributed by atoms with Gasteiger partial charge in [-0.1, -0.05) is 19.1 Å². The monoisotopic (exact) mass is 276 g/mol. The van der Waals surface area contributed by atoms with Gasteiger partial charge in [0.1, 0.15) is 0 Å². The zero-order valence-electron chi connectivity index (χ0n) is 12.4. The summed E-state index contributed by atoms with van der Waals surface area (Å²) in [6.45, 7) is 4.50. The van der Waals surface area contributed by atoms with Crippen LogP contribution >= 0.6 is 0 Å². The van der Waals surface area contributed by atoms with Crippen molar-refractivity contribution in [2.75, 3.05) is 25.6 Å². The first-order chi connectivity index (χ1) is 9.70. The summed E-state index contributed by atoms with van der Waals surface area (Å²) in [5, 5.41) is 6.33. The summed E-state index contributed by atoms with van der Waals surface area (Å²) >= 11 is 0. The zero-order chi connectivity index (χ0) is 14.4. The molecule has 0 unspecified atom stereocenters. The van der Waals surface area contributed by atoms with Crippen LogP contribution in [0.5, 0.6) is 0 Å². The molecule has 1 aliphatic rings. The number of anilines is 1. The van der Waals surface area contributed by atoms with Crippen LogP contribution in [0.15, 0.2) is 24.3 Å². The Balaban J connectivity index is 1.94. The lowest BCUT2D eigenvalue weighted by Crippen LogP contribution is -2.25. The molecule has 1 amide bonds. The first kappa shape index (κ1) is 15.0. The van der Waals surface area contributed by atoms with E-state index in [-0.39, 0.29) is 11.3 Å². The Morgan fingerprint density at radius 2 is 2.20 bits per heavy atom. The van der Waals surface area contributed by atoms with Crippen LogP contribution in [0.25, 0.3) is 0 Å². The molecule has 20 heavy (non-hydrogen) atoms. The van der Waals surface area contributed by atoms with Crippen LogP contribution in [0.3, 0.4) is 0 Å². The number of carbonyl (C=O) groups excluding carboxylic acids is 1. The standard InChI is InChI=1S/C16H24N2O2/c1-3-17-12-13-5-4-6-14(11-13)18-15(19)16(7-8-16)9-10-20-2/h4-6,11,17H,3,7-10,12H2,1-2H3,(H,18,19). The maximum Gasteiger partial charge on any atom is 0.230 e. The van der Waals surface area contributed by atoms with E-state index in [1.165, 1.54) is 5.56 Å². The quantitative estimate of drug-likeness (QED) is 0.767. The van der Waals surface area contributed by atoms with Crippen molar-refractivity contribution >= 4 is 11.6 Å². The second-order valence-electron chi connectivity index (χ2n) is 5.46. The van der Waals surface area contributed by atoms with Crippen molar-refractivity contribution in [3.8, 4) is 0 Å². The SMILES string of the molecule is CCNCc1cccc(NC(=O)C2(CCOC)CC2)c1. The van der Waals surface area contributed by atoms with Gasteiger partial charge in [0.15, 0.2) is 0 Å². The minimum Gasteiger partial charge on any atom is -0.385 e. The summed E-state index contributed by atoms with van der Waals surface area (Å²) in [4.78, 5) is 12.3. The van der Waals surface area contributed by atoms with Crippen LogP contribution in [0.1, 0.15) is 31.7 Å². The number of benzene rings is 1. The van der Waals surface area contributed by atoms with Gasteiger partial charge < -0.3 is 15.4 Å². The Bertz CT molecular complexity index is 456. The number of carbonyl (C=O) groups is 1. The number of hydrogen-bond acceptors (Lipinski definition) is 3. The Hall–Kier alpha value is -1.39. The van der Waals surface area contributed by atoms with E-state index in [0.717, 1.165) is 38.0 Å². The van der Waals surface area contributed by atoms with Crippen LogP contribution in [0, 0.1) is 5.41 Å². The third-order valence-corrected chi connectivity index (χ3v) is 3.88. The highest BCUT2D eigenvalue weighted by Gasteiger charge is 2.49. The number of methoxy groups -OCH3 is 1. The van der Waals surface area contributed by atoms with Crippen molar-refractivity contribution in [2.45, 2.75) is 32.7 Å². The van der Waals surface area contributed by atoms with Gasteiger partial charge in [0.05, 0.1) is 5.41 Å². The van der Waals surface area contributed by atoms with Gasteiger partial charge in [0.2, 0.25) is 5.91 Å². The van der Waals surface area contributed by atoms with Gasteiger partial charge in [-0.25, -0.2) is 0 Å². The molecule has 0 bridgehead atoms. The fraction of sp³-hybridized carbons (Fsp3) is 0.562. The maximum atomic E-state index is 12.3.